The van der Waals surface area contributed by atoms with Gasteiger partial charge in [0, 0.05) is 18.7 Å². The molecule has 1 aromatic rings. The average Bonchev–Trinajstić information content (AvgIpc) is 2.85. The molecule has 1 aliphatic rings. The molecule has 2 N–H and O–H groups in total. The van der Waals surface area contributed by atoms with Crippen LogP contribution in [0.5, 0.6) is 0 Å². The molecule has 1 heterocycles. The van der Waals surface area contributed by atoms with E-state index in [0.717, 1.165) is 0 Å². The number of thioether (sulfide) groups is 1. The summed E-state index contributed by atoms with van der Waals surface area (Å²) in [7, 11) is 0. The first-order valence-corrected chi connectivity index (χ1v) is 8.04. The van der Waals surface area contributed by atoms with Crippen LogP contribution in [0, 0.1) is 0 Å². The predicted octanol–water partition coefficient (Wildman–Crippen LogP) is 0.393. The van der Waals surface area contributed by atoms with E-state index in [-0.39, 0.29) is 24.3 Å². The number of rotatable bonds is 6. The van der Waals surface area contributed by atoms with Crippen molar-refractivity contribution in [2.75, 3.05) is 25.4 Å². The zero-order valence-corrected chi connectivity index (χ0v) is 13.3. The van der Waals surface area contributed by atoms with E-state index in [0.29, 0.717) is 28.7 Å². The number of nitrogens with zero attached hydrogens (tertiary/aromatic N) is 1. The average molecular weight is 337 g/mol. The lowest BCUT2D eigenvalue weighted by Gasteiger charge is -2.15. The van der Waals surface area contributed by atoms with Gasteiger partial charge in [-0.3, -0.25) is 19.3 Å². The molecule has 0 spiro atoms. The SMILES string of the molecule is O=C(CNC(=O)c1ccccc1)NCCN1C(=O)CSC1=S. The zero-order chi connectivity index (χ0) is 15.9. The number of hydrogen-bond acceptors (Lipinski definition) is 5. The standard InChI is InChI=1S/C14H15N3O3S2/c18-11(8-16-13(20)10-4-2-1-3-5-10)15-6-7-17-12(19)9-22-14(17)21/h1-5H,6-9H2,(H,15,18)(H,16,20). The van der Waals surface area contributed by atoms with Crippen LogP contribution in [0.4, 0.5) is 0 Å². The van der Waals surface area contributed by atoms with Crippen LogP contribution in [0.15, 0.2) is 30.3 Å². The van der Waals surface area contributed by atoms with Crippen molar-refractivity contribution in [3.63, 3.8) is 0 Å². The van der Waals surface area contributed by atoms with Gasteiger partial charge in [0.15, 0.2) is 0 Å². The Balaban J connectivity index is 1.67. The van der Waals surface area contributed by atoms with Gasteiger partial charge in [-0.1, -0.05) is 42.2 Å². The smallest absolute Gasteiger partial charge is 0.251 e. The van der Waals surface area contributed by atoms with Crippen LogP contribution in [-0.4, -0.2) is 52.3 Å². The number of amides is 3. The third-order valence-corrected chi connectivity index (χ3v) is 4.38. The number of thiocarbonyl (C=S) groups is 1. The molecule has 0 saturated carbocycles. The first-order chi connectivity index (χ1) is 10.6. The first-order valence-electron chi connectivity index (χ1n) is 6.65. The Morgan fingerprint density at radius 2 is 1.95 bits per heavy atom. The van der Waals surface area contributed by atoms with Gasteiger partial charge in [0.2, 0.25) is 11.8 Å². The highest BCUT2D eigenvalue weighted by molar-refractivity contribution is 8.23. The van der Waals surface area contributed by atoms with Crippen LogP contribution in [-0.2, 0) is 9.59 Å². The summed E-state index contributed by atoms with van der Waals surface area (Å²) in [6, 6.07) is 8.66. The molecule has 1 aromatic carbocycles. The lowest BCUT2D eigenvalue weighted by atomic mass is 10.2. The summed E-state index contributed by atoms with van der Waals surface area (Å²) in [5.41, 5.74) is 0.500. The van der Waals surface area contributed by atoms with Gasteiger partial charge in [-0.25, -0.2) is 0 Å². The lowest BCUT2D eigenvalue weighted by molar-refractivity contribution is -0.125. The van der Waals surface area contributed by atoms with Crippen molar-refractivity contribution in [2.24, 2.45) is 0 Å². The maximum absolute atomic E-state index is 11.8. The highest BCUT2D eigenvalue weighted by atomic mass is 32.2. The van der Waals surface area contributed by atoms with Gasteiger partial charge >= 0.3 is 0 Å². The minimum Gasteiger partial charge on any atom is -0.353 e. The third-order valence-electron chi connectivity index (χ3n) is 2.94. The fourth-order valence-corrected chi connectivity index (χ4v) is 2.94. The molecule has 6 nitrogen and oxygen atoms in total. The molecule has 0 atom stereocenters. The van der Waals surface area contributed by atoms with Crippen molar-refractivity contribution in [1.82, 2.24) is 15.5 Å². The second kappa shape index (κ2) is 7.90. The highest BCUT2D eigenvalue weighted by Crippen LogP contribution is 2.18. The normalized spacial score (nSPS) is 14.1. The van der Waals surface area contributed by atoms with Crippen molar-refractivity contribution in [3.8, 4) is 0 Å². The predicted molar refractivity (Wildman–Crippen MR) is 88.6 cm³/mol. The van der Waals surface area contributed by atoms with Crippen LogP contribution >= 0.6 is 24.0 Å². The Bertz CT molecular complexity index is 576. The molecule has 1 aliphatic heterocycles. The van der Waals surface area contributed by atoms with Crippen molar-refractivity contribution in [1.29, 1.82) is 0 Å². The van der Waals surface area contributed by atoms with Gasteiger partial charge in [0.25, 0.3) is 5.91 Å². The van der Waals surface area contributed by atoms with E-state index < -0.39 is 0 Å². The van der Waals surface area contributed by atoms with Crippen LogP contribution in [0.25, 0.3) is 0 Å². The van der Waals surface area contributed by atoms with Gasteiger partial charge in [-0.15, -0.1) is 0 Å². The quantitative estimate of drug-likeness (QED) is 0.735. The number of hydrogen-bond donors (Lipinski definition) is 2. The van der Waals surface area contributed by atoms with E-state index in [4.69, 9.17) is 12.2 Å². The van der Waals surface area contributed by atoms with Gasteiger partial charge in [0.05, 0.1) is 12.3 Å². The molecule has 0 aliphatic carbocycles. The summed E-state index contributed by atoms with van der Waals surface area (Å²) < 4.78 is 0.539. The maximum Gasteiger partial charge on any atom is 0.251 e. The molecule has 116 valence electrons. The molecule has 2 rings (SSSR count). The Morgan fingerprint density at radius 3 is 2.59 bits per heavy atom. The number of benzene rings is 1. The van der Waals surface area contributed by atoms with E-state index in [1.54, 1.807) is 24.3 Å². The molecule has 0 unspecified atom stereocenters. The Morgan fingerprint density at radius 1 is 1.23 bits per heavy atom. The van der Waals surface area contributed by atoms with Crippen LogP contribution in [0.2, 0.25) is 0 Å². The Labute approximate surface area is 137 Å². The molecule has 0 bridgehead atoms. The monoisotopic (exact) mass is 337 g/mol. The molecule has 22 heavy (non-hydrogen) atoms. The van der Waals surface area contributed by atoms with Gasteiger partial charge in [-0.2, -0.15) is 0 Å². The van der Waals surface area contributed by atoms with Crippen molar-refractivity contribution in [2.45, 2.75) is 0 Å². The minimum absolute atomic E-state index is 0.0402. The van der Waals surface area contributed by atoms with E-state index >= 15 is 0 Å². The van der Waals surface area contributed by atoms with E-state index in [1.165, 1.54) is 16.7 Å². The summed E-state index contributed by atoms with van der Waals surface area (Å²) in [4.78, 5) is 36.4. The van der Waals surface area contributed by atoms with Crippen LogP contribution < -0.4 is 10.6 Å². The molecule has 0 aromatic heterocycles. The molecular weight excluding hydrogens is 322 g/mol. The van der Waals surface area contributed by atoms with Gasteiger partial charge < -0.3 is 10.6 Å². The van der Waals surface area contributed by atoms with E-state index in [2.05, 4.69) is 10.6 Å². The fourth-order valence-electron chi connectivity index (χ4n) is 1.82. The topological polar surface area (TPSA) is 78.5 Å². The van der Waals surface area contributed by atoms with Crippen molar-refractivity contribution in [3.05, 3.63) is 35.9 Å². The molecule has 3 amide bonds. The van der Waals surface area contributed by atoms with Crippen LogP contribution in [0.3, 0.4) is 0 Å². The molecule has 1 saturated heterocycles. The second-order valence-electron chi connectivity index (χ2n) is 4.50. The summed E-state index contributed by atoms with van der Waals surface area (Å²) in [6.45, 7) is 0.538. The molecule has 0 radical (unpaired) electrons. The minimum atomic E-state index is -0.311. The Hall–Kier alpha value is -1.93. The number of carbonyl (C=O) groups excluding carboxylic acids is 3. The van der Waals surface area contributed by atoms with Gasteiger partial charge in [-0.05, 0) is 12.1 Å². The lowest BCUT2D eigenvalue weighted by Crippen LogP contribution is -2.41. The maximum atomic E-state index is 11.8. The van der Waals surface area contributed by atoms with Crippen molar-refractivity contribution >= 4 is 46.0 Å². The fraction of sp³-hybridized carbons (Fsp3) is 0.286. The summed E-state index contributed by atoms with van der Waals surface area (Å²) in [5, 5.41) is 5.17. The summed E-state index contributed by atoms with van der Waals surface area (Å²) in [6.07, 6.45) is 0. The largest absolute Gasteiger partial charge is 0.353 e. The van der Waals surface area contributed by atoms with Gasteiger partial charge in [0.1, 0.15) is 4.32 Å². The highest BCUT2D eigenvalue weighted by Gasteiger charge is 2.25. The first kappa shape index (κ1) is 16.4. The second-order valence-corrected chi connectivity index (χ2v) is 6.11. The third kappa shape index (κ3) is 4.54. The molecule has 1 fully saturated rings. The summed E-state index contributed by atoms with van der Waals surface area (Å²) >= 11 is 6.36. The molecule has 8 heteroatoms. The Kier molecular flexibility index (Phi) is 5.91. The van der Waals surface area contributed by atoms with E-state index in [9.17, 15) is 14.4 Å². The summed E-state index contributed by atoms with van der Waals surface area (Å²) in [5.74, 6) is -0.293. The van der Waals surface area contributed by atoms with E-state index in [1.807, 2.05) is 6.07 Å². The molecular formula is C14H15N3O3S2. The van der Waals surface area contributed by atoms with Crippen LogP contribution in [0.1, 0.15) is 10.4 Å². The number of nitrogens with one attached hydrogen (secondary N) is 2. The number of carbonyl (C=O) groups is 3. The van der Waals surface area contributed by atoms with Crippen molar-refractivity contribution < 1.29 is 14.4 Å². The zero-order valence-electron chi connectivity index (χ0n) is 11.7.